The summed E-state index contributed by atoms with van der Waals surface area (Å²) in [5.41, 5.74) is 11.5. The van der Waals surface area contributed by atoms with Gasteiger partial charge in [0, 0.05) is 43.6 Å². The molecule has 3 heterocycles. The molecule has 0 radical (unpaired) electrons. The summed E-state index contributed by atoms with van der Waals surface area (Å²) in [6.45, 7) is 0. The molecule has 0 amide bonds. The SMILES string of the molecule is c1ccc(-n2c3ccccc3c3cc(-c4ccc5oc6c(-c7ccc8c(c7)oc7cc9c%10ccccc%10c%10ccccc%10c9cc78)cccc6c5c4)ccc32)cc1. The maximum atomic E-state index is 6.68. The van der Waals surface area contributed by atoms with E-state index in [1.165, 1.54) is 59.7 Å². The van der Waals surface area contributed by atoms with Crippen LogP contribution in [-0.4, -0.2) is 4.57 Å². The first-order chi connectivity index (χ1) is 28.2. The number of rotatable bonds is 3. The molecule has 3 nitrogen and oxygen atoms in total. The highest BCUT2D eigenvalue weighted by atomic mass is 16.3. The maximum Gasteiger partial charge on any atom is 0.143 e. The summed E-state index contributed by atoms with van der Waals surface area (Å²) in [7, 11) is 0. The number of para-hydroxylation sites is 3. The van der Waals surface area contributed by atoms with Crippen LogP contribution in [0.15, 0.2) is 197 Å². The molecule has 3 heteroatoms. The second-order valence-corrected chi connectivity index (χ2v) is 15.2. The molecule has 3 aromatic heterocycles. The first-order valence-corrected chi connectivity index (χ1v) is 19.5. The Morgan fingerprint density at radius 1 is 0.281 bits per heavy atom. The number of aromatic nitrogens is 1. The molecule has 0 atom stereocenters. The third kappa shape index (κ3) is 4.37. The van der Waals surface area contributed by atoms with Crippen LogP contribution in [0.2, 0.25) is 0 Å². The first kappa shape index (κ1) is 30.7. The standard InChI is InChI=1S/C54H31NO2/c1-2-11-35(12-3-1)55-49-20-9-8-17-41(49)46-27-32(22-25-50(46)55)33-23-26-51-47(28-33)43-19-10-18-36(54(43)57-51)34-21-24-42-48-30-44-39-15-6-4-13-37(39)38-14-5-7-16-40(38)45(44)31-53(48)56-52(42)29-34/h1-31H. The van der Waals surface area contributed by atoms with E-state index in [2.05, 4.69) is 193 Å². The normalized spacial score (nSPS) is 12.2. The molecule has 13 aromatic rings. The summed E-state index contributed by atoms with van der Waals surface area (Å²) in [6.07, 6.45) is 0. The molecule has 0 bridgehead atoms. The Bertz CT molecular complexity index is 3810. The van der Waals surface area contributed by atoms with E-state index in [0.29, 0.717) is 0 Å². The van der Waals surface area contributed by atoms with E-state index in [0.717, 1.165) is 66.3 Å². The van der Waals surface area contributed by atoms with Gasteiger partial charge in [-0.25, -0.2) is 0 Å². The van der Waals surface area contributed by atoms with Crippen LogP contribution in [0.3, 0.4) is 0 Å². The molecule has 0 N–H and O–H groups in total. The molecular weight excluding hydrogens is 695 g/mol. The lowest BCUT2D eigenvalue weighted by atomic mass is 9.93. The molecule has 0 spiro atoms. The fraction of sp³-hybridized carbons (Fsp3) is 0. The number of nitrogens with zero attached hydrogens (tertiary/aromatic N) is 1. The molecule has 0 saturated heterocycles. The molecule has 0 fully saturated rings. The third-order valence-corrected chi connectivity index (χ3v) is 12.2. The highest BCUT2D eigenvalue weighted by Gasteiger charge is 2.18. The van der Waals surface area contributed by atoms with E-state index < -0.39 is 0 Å². The summed E-state index contributed by atoms with van der Waals surface area (Å²) in [4.78, 5) is 0. The Labute approximate surface area is 326 Å². The van der Waals surface area contributed by atoms with Crippen molar-refractivity contribution in [1.29, 1.82) is 0 Å². The lowest BCUT2D eigenvalue weighted by Crippen LogP contribution is -1.92. The number of hydrogen-bond acceptors (Lipinski definition) is 2. The minimum atomic E-state index is 0.867. The van der Waals surface area contributed by atoms with Crippen LogP contribution in [-0.2, 0) is 0 Å². The molecule has 57 heavy (non-hydrogen) atoms. The number of fused-ring (bicyclic) bond motifs is 15. The molecule has 10 aromatic carbocycles. The second-order valence-electron chi connectivity index (χ2n) is 15.2. The fourth-order valence-electron chi connectivity index (χ4n) is 9.55. The molecule has 0 saturated carbocycles. The predicted molar refractivity (Wildman–Crippen MR) is 239 cm³/mol. The molecule has 0 aliphatic rings. The van der Waals surface area contributed by atoms with Gasteiger partial charge in [-0.05, 0) is 116 Å². The van der Waals surface area contributed by atoms with Crippen LogP contribution < -0.4 is 0 Å². The van der Waals surface area contributed by atoms with Crippen LogP contribution >= 0.6 is 0 Å². The summed E-state index contributed by atoms with van der Waals surface area (Å²) >= 11 is 0. The van der Waals surface area contributed by atoms with Crippen LogP contribution in [0.5, 0.6) is 0 Å². The molecule has 264 valence electrons. The van der Waals surface area contributed by atoms with Crippen molar-refractivity contribution in [2.45, 2.75) is 0 Å². The number of furan rings is 2. The van der Waals surface area contributed by atoms with Gasteiger partial charge in [-0.1, -0.05) is 121 Å². The Kier molecular flexibility index (Phi) is 6.16. The van der Waals surface area contributed by atoms with Crippen molar-refractivity contribution in [3.63, 3.8) is 0 Å². The summed E-state index contributed by atoms with van der Waals surface area (Å²) in [5.74, 6) is 0. The monoisotopic (exact) mass is 725 g/mol. The van der Waals surface area contributed by atoms with E-state index in [4.69, 9.17) is 8.83 Å². The minimum absolute atomic E-state index is 0.867. The largest absolute Gasteiger partial charge is 0.456 e. The van der Waals surface area contributed by atoms with Crippen molar-refractivity contribution in [3.05, 3.63) is 188 Å². The van der Waals surface area contributed by atoms with E-state index >= 15 is 0 Å². The van der Waals surface area contributed by atoms with Crippen molar-refractivity contribution in [2.24, 2.45) is 0 Å². The topological polar surface area (TPSA) is 31.2 Å². The zero-order valence-corrected chi connectivity index (χ0v) is 30.7. The van der Waals surface area contributed by atoms with Gasteiger partial charge in [-0.2, -0.15) is 0 Å². The minimum Gasteiger partial charge on any atom is -0.456 e. The molecule has 0 unspecified atom stereocenters. The average molecular weight is 726 g/mol. The first-order valence-electron chi connectivity index (χ1n) is 19.5. The zero-order valence-electron chi connectivity index (χ0n) is 30.7. The lowest BCUT2D eigenvalue weighted by Gasteiger charge is -2.10. The van der Waals surface area contributed by atoms with E-state index in [-0.39, 0.29) is 0 Å². The molecule has 0 aliphatic heterocycles. The van der Waals surface area contributed by atoms with E-state index in [1.54, 1.807) is 0 Å². The van der Waals surface area contributed by atoms with E-state index in [9.17, 15) is 0 Å². The van der Waals surface area contributed by atoms with E-state index in [1.807, 2.05) is 0 Å². The quantitative estimate of drug-likeness (QED) is 0.170. The third-order valence-electron chi connectivity index (χ3n) is 12.2. The van der Waals surface area contributed by atoms with Crippen molar-refractivity contribution in [1.82, 2.24) is 4.57 Å². The highest BCUT2D eigenvalue weighted by Crippen LogP contribution is 2.43. The van der Waals surface area contributed by atoms with Gasteiger partial charge in [0.05, 0.1) is 11.0 Å². The second kappa shape index (κ2) is 11.5. The van der Waals surface area contributed by atoms with Gasteiger partial charge in [-0.15, -0.1) is 0 Å². The van der Waals surface area contributed by atoms with Crippen molar-refractivity contribution < 1.29 is 8.83 Å². The van der Waals surface area contributed by atoms with Crippen LogP contribution in [0.25, 0.3) is 126 Å². The van der Waals surface area contributed by atoms with Crippen LogP contribution in [0, 0.1) is 0 Å². The summed E-state index contributed by atoms with van der Waals surface area (Å²) in [5, 5.41) is 14.4. The smallest absolute Gasteiger partial charge is 0.143 e. The number of hydrogen-bond donors (Lipinski definition) is 0. The van der Waals surface area contributed by atoms with Crippen molar-refractivity contribution in [3.8, 4) is 27.9 Å². The predicted octanol–water partition coefficient (Wildman–Crippen LogP) is 15.4. The van der Waals surface area contributed by atoms with Gasteiger partial charge in [0.1, 0.15) is 22.3 Å². The highest BCUT2D eigenvalue weighted by molar-refractivity contribution is 6.28. The van der Waals surface area contributed by atoms with Crippen LogP contribution in [0.1, 0.15) is 0 Å². The Morgan fingerprint density at radius 3 is 1.65 bits per heavy atom. The molecular formula is C54H31NO2. The van der Waals surface area contributed by atoms with Crippen LogP contribution in [0.4, 0.5) is 0 Å². The van der Waals surface area contributed by atoms with Gasteiger partial charge in [0.25, 0.3) is 0 Å². The van der Waals surface area contributed by atoms with Gasteiger partial charge in [0.2, 0.25) is 0 Å². The Balaban J connectivity index is 0.941. The molecule has 13 rings (SSSR count). The summed E-state index contributed by atoms with van der Waals surface area (Å²) in [6, 6.07) is 67.7. The summed E-state index contributed by atoms with van der Waals surface area (Å²) < 4.78 is 15.7. The maximum absolute atomic E-state index is 6.68. The van der Waals surface area contributed by atoms with Gasteiger partial charge in [-0.3, -0.25) is 0 Å². The fourth-order valence-corrected chi connectivity index (χ4v) is 9.55. The Morgan fingerprint density at radius 2 is 0.860 bits per heavy atom. The van der Waals surface area contributed by atoms with Gasteiger partial charge in [0.15, 0.2) is 0 Å². The number of benzene rings is 10. The average Bonchev–Trinajstić information content (AvgIpc) is 3.94. The Hall–Kier alpha value is -7.62. The van der Waals surface area contributed by atoms with Gasteiger partial charge >= 0.3 is 0 Å². The van der Waals surface area contributed by atoms with Gasteiger partial charge < -0.3 is 13.4 Å². The van der Waals surface area contributed by atoms with Crippen molar-refractivity contribution in [2.75, 3.05) is 0 Å². The lowest BCUT2D eigenvalue weighted by molar-refractivity contribution is 0.668. The zero-order chi connectivity index (χ0) is 37.2. The molecule has 0 aliphatic carbocycles. The van der Waals surface area contributed by atoms with Crippen molar-refractivity contribution >= 4 is 98.0 Å².